The largest absolute Gasteiger partial charge is 0.478 e. The van der Waals surface area contributed by atoms with Crippen LogP contribution in [-0.2, 0) is 6.54 Å². The van der Waals surface area contributed by atoms with Crippen LogP contribution in [0.1, 0.15) is 42.2 Å². The lowest BCUT2D eigenvalue weighted by molar-refractivity contribution is 0.0691. The fraction of sp³-hybridized carbons (Fsp3) is 0.368. The molecule has 0 bridgehead atoms. The van der Waals surface area contributed by atoms with Gasteiger partial charge in [0.1, 0.15) is 0 Å². The molecule has 2 aromatic rings. The third-order valence-electron chi connectivity index (χ3n) is 4.57. The van der Waals surface area contributed by atoms with Gasteiger partial charge in [-0.05, 0) is 38.4 Å². The van der Waals surface area contributed by atoms with Crippen LogP contribution >= 0.6 is 0 Å². The first kappa shape index (κ1) is 15.7. The third-order valence-corrected chi connectivity index (χ3v) is 4.57. The van der Waals surface area contributed by atoms with Gasteiger partial charge < -0.3 is 5.11 Å². The maximum Gasteiger partial charge on any atom is 0.337 e. The maximum atomic E-state index is 11.5. The fourth-order valence-electron chi connectivity index (χ4n) is 3.17. The number of carboxylic acid groups (broad SMARTS) is 1. The molecule has 120 valence electrons. The maximum absolute atomic E-state index is 11.5. The Bertz CT molecular complexity index is 685. The molecule has 1 aromatic carbocycles. The van der Waals surface area contributed by atoms with Crippen LogP contribution in [0.2, 0.25) is 0 Å². The number of pyridine rings is 1. The van der Waals surface area contributed by atoms with Gasteiger partial charge in [0.15, 0.2) is 0 Å². The highest BCUT2D eigenvalue weighted by Crippen LogP contribution is 2.23. The van der Waals surface area contributed by atoms with E-state index in [4.69, 9.17) is 0 Å². The number of rotatable bonds is 4. The predicted octanol–water partition coefficient (Wildman–Crippen LogP) is 3.82. The number of benzene rings is 1. The number of likely N-dealkylation sites (tertiary alicyclic amines) is 1. The monoisotopic (exact) mass is 310 g/mol. The second-order valence-electron chi connectivity index (χ2n) is 6.18. The summed E-state index contributed by atoms with van der Waals surface area (Å²) in [4.78, 5) is 18.5. The smallest absolute Gasteiger partial charge is 0.337 e. The first-order valence-corrected chi connectivity index (χ1v) is 8.18. The van der Waals surface area contributed by atoms with Crippen LogP contribution in [0.15, 0.2) is 42.5 Å². The highest BCUT2D eigenvalue weighted by Gasteiger charge is 2.22. The molecule has 1 N–H and O–H groups in total. The Morgan fingerprint density at radius 3 is 2.70 bits per heavy atom. The highest BCUT2D eigenvalue weighted by molar-refractivity contribution is 5.89. The summed E-state index contributed by atoms with van der Waals surface area (Å²) in [7, 11) is 0. The van der Waals surface area contributed by atoms with Crippen molar-refractivity contribution in [3.05, 3.63) is 53.7 Å². The van der Waals surface area contributed by atoms with Crippen LogP contribution in [0.5, 0.6) is 0 Å². The highest BCUT2D eigenvalue weighted by atomic mass is 16.4. The molecule has 1 aliphatic heterocycles. The van der Waals surface area contributed by atoms with E-state index in [0.29, 0.717) is 23.8 Å². The number of aromatic nitrogens is 1. The van der Waals surface area contributed by atoms with Crippen LogP contribution < -0.4 is 0 Å². The van der Waals surface area contributed by atoms with Crippen molar-refractivity contribution in [2.24, 2.45) is 0 Å². The van der Waals surface area contributed by atoms with E-state index in [-0.39, 0.29) is 0 Å². The zero-order valence-corrected chi connectivity index (χ0v) is 13.4. The molecule has 0 amide bonds. The van der Waals surface area contributed by atoms with Gasteiger partial charge in [0, 0.05) is 18.2 Å². The average molecular weight is 310 g/mol. The average Bonchev–Trinajstić information content (AvgIpc) is 2.57. The number of nitrogens with zero attached hydrogens (tertiary/aromatic N) is 2. The van der Waals surface area contributed by atoms with Gasteiger partial charge in [0.25, 0.3) is 0 Å². The number of hydrogen-bond acceptors (Lipinski definition) is 3. The molecule has 23 heavy (non-hydrogen) atoms. The van der Waals surface area contributed by atoms with Crippen molar-refractivity contribution in [3.63, 3.8) is 0 Å². The van der Waals surface area contributed by atoms with Crippen molar-refractivity contribution in [1.82, 2.24) is 9.88 Å². The topological polar surface area (TPSA) is 53.4 Å². The molecule has 0 saturated carbocycles. The van der Waals surface area contributed by atoms with Crippen molar-refractivity contribution < 1.29 is 9.90 Å². The van der Waals surface area contributed by atoms with E-state index in [2.05, 4.69) is 16.8 Å². The SMILES string of the molecule is CC1CCCCN1Cc1nc(-c2ccccc2)ccc1C(=O)O. The molecule has 1 atom stereocenters. The molecule has 4 nitrogen and oxygen atoms in total. The lowest BCUT2D eigenvalue weighted by Gasteiger charge is -2.33. The van der Waals surface area contributed by atoms with Gasteiger partial charge in [-0.25, -0.2) is 4.79 Å². The van der Waals surface area contributed by atoms with Gasteiger partial charge in [0.2, 0.25) is 0 Å². The van der Waals surface area contributed by atoms with E-state index in [1.165, 1.54) is 19.3 Å². The minimum absolute atomic E-state index is 0.308. The Morgan fingerprint density at radius 1 is 1.22 bits per heavy atom. The van der Waals surface area contributed by atoms with Gasteiger partial charge in [-0.3, -0.25) is 9.88 Å². The molecule has 1 aromatic heterocycles. The van der Waals surface area contributed by atoms with Gasteiger partial charge in [-0.1, -0.05) is 36.8 Å². The van der Waals surface area contributed by atoms with E-state index >= 15 is 0 Å². The number of aromatic carboxylic acids is 1. The summed E-state index contributed by atoms with van der Waals surface area (Å²) in [5.74, 6) is -0.906. The van der Waals surface area contributed by atoms with Crippen LogP contribution in [0.4, 0.5) is 0 Å². The van der Waals surface area contributed by atoms with Gasteiger partial charge in [-0.2, -0.15) is 0 Å². The van der Waals surface area contributed by atoms with Crippen molar-refractivity contribution in [2.45, 2.75) is 38.8 Å². The Labute approximate surface area is 136 Å². The molecule has 3 rings (SSSR count). The molecule has 2 heterocycles. The van der Waals surface area contributed by atoms with Gasteiger partial charge in [0.05, 0.1) is 17.0 Å². The summed E-state index contributed by atoms with van der Waals surface area (Å²) in [6.45, 7) is 3.82. The van der Waals surface area contributed by atoms with E-state index in [9.17, 15) is 9.90 Å². The van der Waals surface area contributed by atoms with Gasteiger partial charge in [-0.15, -0.1) is 0 Å². The van der Waals surface area contributed by atoms with Gasteiger partial charge >= 0.3 is 5.97 Å². The van der Waals surface area contributed by atoms with E-state index < -0.39 is 5.97 Å². The van der Waals surface area contributed by atoms with E-state index in [1.807, 2.05) is 30.3 Å². The van der Waals surface area contributed by atoms with E-state index in [1.54, 1.807) is 12.1 Å². The minimum atomic E-state index is -0.906. The Morgan fingerprint density at radius 2 is 2.00 bits per heavy atom. The summed E-state index contributed by atoms with van der Waals surface area (Å²) in [6.07, 6.45) is 3.59. The minimum Gasteiger partial charge on any atom is -0.478 e. The number of hydrogen-bond donors (Lipinski definition) is 1. The number of carboxylic acids is 1. The van der Waals surface area contributed by atoms with Crippen LogP contribution in [0, 0.1) is 0 Å². The Balaban J connectivity index is 1.93. The molecule has 1 fully saturated rings. The summed E-state index contributed by atoms with van der Waals surface area (Å²) >= 11 is 0. The Hall–Kier alpha value is -2.20. The lowest BCUT2D eigenvalue weighted by Crippen LogP contribution is -2.37. The first-order chi connectivity index (χ1) is 11.1. The fourth-order valence-corrected chi connectivity index (χ4v) is 3.17. The number of piperidine rings is 1. The normalized spacial score (nSPS) is 18.7. The Kier molecular flexibility index (Phi) is 4.72. The molecule has 1 aliphatic rings. The zero-order valence-electron chi connectivity index (χ0n) is 13.4. The summed E-state index contributed by atoms with van der Waals surface area (Å²) in [6, 6.07) is 13.8. The molecule has 0 aliphatic carbocycles. The second-order valence-corrected chi connectivity index (χ2v) is 6.18. The van der Waals surface area contributed by atoms with Crippen molar-refractivity contribution in [1.29, 1.82) is 0 Å². The quantitative estimate of drug-likeness (QED) is 0.932. The molecule has 0 radical (unpaired) electrons. The summed E-state index contributed by atoms with van der Waals surface area (Å²) in [5, 5.41) is 9.46. The summed E-state index contributed by atoms with van der Waals surface area (Å²) in [5.41, 5.74) is 2.81. The summed E-state index contributed by atoms with van der Waals surface area (Å²) < 4.78 is 0. The molecule has 4 heteroatoms. The van der Waals surface area contributed by atoms with Crippen molar-refractivity contribution >= 4 is 5.97 Å². The lowest BCUT2D eigenvalue weighted by atomic mass is 10.0. The first-order valence-electron chi connectivity index (χ1n) is 8.18. The standard InChI is InChI=1S/C19H22N2O2/c1-14-7-5-6-12-21(14)13-18-16(19(22)23)10-11-17(20-18)15-8-3-2-4-9-15/h2-4,8-11,14H,5-7,12-13H2,1H3,(H,22,23). The molecular weight excluding hydrogens is 288 g/mol. The molecule has 1 saturated heterocycles. The predicted molar refractivity (Wildman–Crippen MR) is 90.4 cm³/mol. The van der Waals surface area contributed by atoms with Crippen LogP contribution in [0.3, 0.4) is 0 Å². The van der Waals surface area contributed by atoms with Crippen molar-refractivity contribution in [2.75, 3.05) is 6.54 Å². The number of carbonyl (C=O) groups is 1. The zero-order chi connectivity index (χ0) is 16.2. The molecule has 1 unspecified atom stereocenters. The molecule has 0 spiro atoms. The van der Waals surface area contributed by atoms with E-state index in [0.717, 1.165) is 17.8 Å². The third kappa shape index (κ3) is 3.59. The van der Waals surface area contributed by atoms with Crippen molar-refractivity contribution in [3.8, 4) is 11.3 Å². The van der Waals surface area contributed by atoms with Crippen LogP contribution in [-0.4, -0.2) is 33.5 Å². The van der Waals surface area contributed by atoms with Crippen LogP contribution in [0.25, 0.3) is 11.3 Å². The second kappa shape index (κ2) is 6.92. The molecular formula is C19H22N2O2.